The zero-order valence-electron chi connectivity index (χ0n) is 17.3. The molecule has 0 bridgehead atoms. The van der Waals surface area contributed by atoms with Crippen molar-refractivity contribution < 1.29 is 4.79 Å². The number of thioether (sulfide) groups is 1. The Bertz CT molecular complexity index is 1310. The summed E-state index contributed by atoms with van der Waals surface area (Å²) >= 11 is 9.12. The van der Waals surface area contributed by atoms with E-state index >= 15 is 0 Å². The van der Waals surface area contributed by atoms with Gasteiger partial charge >= 0.3 is 0 Å². The topological polar surface area (TPSA) is 71.0 Å². The number of rotatable bonds is 5. The van der Waals surface area contributed by atoms with Gasteiger partial charge in [-0.3, -0.25) is 4.79 Å². The first-order valence-electron chi connectivity index (χ1n) is 10.2. The Morgan fingerprint density at radius 1 is 1.22 bits per heavy atom. The van der Waals surface area contributed by atoms with Gasteiger partial charge in [0.05, 0.1) is 5.75 Å². The number of aromatic nitrogens is 3. The van der Waals surface area contributed by atoms with Crippen LogP contribution in [0.3, 0.4) is 0 Å². The van der Waals surface area contributed by atoms with Gasteiger partial charge < -0.3 is 10.2 Å². The minimum absolute atomic E-state index is 0.112. The summed E-state index contributed by atoms with van der Waals surface area (Å²) in [6.45, 7) is 3.69. The van der Waals surface area contributed by atoms with E-state index in [1.807, 2.05) is 19.1 Å². The van der Waals surface area contributed by atoms with Crippen LogP contribution in [0.25, 0.3) is 10.3 Å². The second-order valence-electron chi connectivity index (χ2n) is 7.57. The fourth-order valence-electron chi connectivity index (χ4n) is 3.62. The van der Waals surface area contributed by atoms with Gasteiger partial charge in [-0.1, -0.05) is 65.0 Å². The van der Waals surface area contributed by atoms with E-state index in [0.717, 1.165) is 39.9 Å². The molecule has 5 rings (SSSR count). The summed E-state index contributed by atoms with van der Waals surface area (Å²) in [5.74, 6) is 0.126. The Morgan fingerprint density at radius 2 is 2.06 bits per heavy atom. The SMILES string of the molecule is Cc1ccc(NC(=O)CSc2ncnc3nc(N4CCc5ccccc5C4)sc23)cc1Cl. The largest absolute Gasteiger partial charge is 0.343 e. The zero-order chi connectivity index (χ0) is 22.1. The van der Waals surface area contributed by atoms with E-state index in [-0.39, 0.29) is 11.7 Å². The smallest absolute Gasteiger partial charge is 0.234 e. The summed E-state index contributed by atoms with van der Waals surface area (Å²) in [6, 6.07) is 14.0. The van der Waals surface area contributed by atoms with Crippen molar-refractivity contribution in [1.29, 1.82) is 0 Å². The van der Waals surface area contributed by atoms with E-state index < -0.39 is 0 Å². The molecule has 0 aliphatic carbocycles. The molecule has 0 radical (unpaired) electrons. The summed E-state index contributed by atoms with van der Waals surface area (Å²) < 4.78 is 0.914. The number of hydrogen-bond acceptors (Lipinski definition) is 7. The molecule has 1 N–H and O–H groups in total. The Labute approximate surface area is 199 Å². The van der Waals surface area contributed by atoms with Gasteiger partial charge in [0.15, 0.2) is 10.8 Å². The van der Waals surface area contributed by atoms with E-state index in [1.54, 1.807) is 17.4 Å². The first-order chi connectivity index (χ1) is 15.6. The summed E-state index contributed by atoms with van der Waals surface area (Å²) in [5, 5.41) is 5.23. The highest BCUT2D eigenvalue weighted by Gasteiger charge is 2.21. The van der Waals surface area contributed by atoms with Crippen LogP contribution in [0, 0.1) is 6.92 Å². The second kappa shape index (κ2) is 9.05. The van der Waals surface area contributed by atoms with Crippen LogP contribution in [0.4, 0.5) is 10.8 Å². The lowest BCUT2D eigenvalue weighted by molar-refractivity contribution is -0.113. The quantitative estimate of drug-likeness (QED) is 0.306. The van der Waals surface area contributed by atoms with Crippen LogP contribution < -0.4 is 10.2 Å². The van der Waals surface area contributed by atoms with Crippen LogP contribution in [0.1, 0.15) is 16.7 Å². The van der Waals surface area contributed by atoms with Crippen molar-refractivity contribution in [2.75, 3.05) is 22.5 Å². The molecule has 1 aliphatic rings. The van der Waals surface area contributed by atoms with Crippen LogP contribution >= 0.6 is 34.7 Å². The van der Waals surface area contributed by atoms with Crippen LogP contribution in [0.2, 0.25) is 5.02 Å². The lowest BCUT2D eigenvalue weighted by Crippen LogP contribution is -2.30. The maximum absolute atomic E-state index is 12.4. The Hall–Kier alpha value is -2.68. The predicted octanol–water partition coefficient (Wildman–Crippen LogP) is 5.34. The monoisotopic (exact) mass is 481 g/mol. The molecular weight excluding hydrogens is 462 g/mol. The van der Waals surface area contributed by atoms with Crippen molar-refractivity contribution in [2.45, 2.75) is 24.9 Å². The van der Waals surface area contributed by atoms with Crippen molar-refractivity contribution in [3.8, 4) is 0 Å². The number of carbonyl (C=O) groups excluding carboxylic acids is 1. The van der Waals surface area contributed by atoms with Crippen molar-refractivity contribution in [2.24, 2.45) is 0 Å². The van der Waals surface area contributed by atoms with E-state index in [4.69, 9.17) is 16.6 Å². The van der Waals surface area contributed by atoms with Gasteiger partial charge in [-0.2, -0.15) is 4.98 Å². The van der Waals surface area contributed by atoms with Gasteiger partial charge in [-0.25, -0.2) is 9.97 Å². The average molecular weight is 482 g/mol. The molecule has 32 heavy (non-hydrogen) atoms. The molecule has 4 aromatic rings. The summed E-state index contributed by atoms with van der Waals surface area (Å²) in [7, 11) is 0. The molecule has 0 fully saturated rings. The number of hydrogen-bond donors (Lipinski definition) is 1. The fourth-order valence-corrected chi connectivity index (χ4v) is 5.72. The maximum Gasteiger partial charge on any atom is 0.234 e. The Balaban J connectivity index is 1.29. The third-order valence-electron chi connectivity index (χ3n) is 5.34. The minimum Gasteiger partial charge on any atom is -0.343 e. The lowest BCUT2D eigenvalue weighted by atomic mass is 10.0. The highest BCUT2D eigenvalue weighted by atomic mass is 35.5. The molecule has 2 aromatic carbocycles. The first-order valence-corrected chi connectivity index (χ1v) is 12.4. The van der Waals surface area contributed by atoms with E-state index in [0.29, 0.717) is 16.4 Å². The molecule has 0 unspecified atom stereocenters. The molecule has 0 saturated carbocycles. The molecule has 1 aliphatic heterocycles. The number of halogens is 1. The van der Waals surface area contributed by atoms with Gasteiger partial charge in [-0.15, -0.1) is 0 Å². The standard InChI is InChI=1S/C23H20ClN5OS2/c1-14-6-7-17(10-18(14)24)27-19(30)12-31-22-20-21(25-13-26-22)28-23(32-20)29-9-8-15-4-2-3-5-16(15)11-29/h2-7,10,13H,8-9,11-12H2,1H3,(H,27,30). The minimum atomic E-state index is -0.112. The highest BCUT2D eigenvalue weighted by molar-refractivity contribution is 8.00. The van der Waals surface area contributed by atoms with E-state index in [1.165, 1.54) is 29.2 Å². The number of thiazole rings is 1. The predicted molar refractivity (Wildman–Crippen MR) is 132 cm³/mol. The van der Waals surface area contributed by atoms with Crippen molar-refractivity contribution in [3.05, 3.63) is 70.5 Å². The number of carbonyl (C=O) groups is 1. The fraction of sp³-hybridized carbons (Fsp3) is 0.217. The van der Waals surface area contributed by atoms with Crippen molar-refractivity contribution in [3.63, 3.8) is 0 Å². The van der Waals surface area contributed by atoms with Gasteiger partial charge in [0, 0.05) is 23.8 Å². The number of aryl methyl sites for hydroxylation is 1. The average Bonchev–Trinajstić information content (AvgIpc) is 3.25. The van der Waals surface area contributed by atoms with E-state index in [9.17, 15) is 4.79 Å². The van der Waals surface area contributed by atoms with Gasteiger partial charge in [0.2, 0.25) is 5.91 Å². The molecule has 9 heteroatoms. The zero-order valence-corrected chi connectivity index (χ0v) is 19.7. The second-order valence-corrected chi connectivity index (χ2v) is 9.92. The molecule has 1 amide bonds. The third-order valence-corrected chi connectivity index (χ3v) is 7.98. The van der Waals surface area contributed by atoms with Crippen LogP contribution in [-0.2, 0) is 17.8 Å². The Kier molecular flexibility index (Phi) is 5.99. The molecule has 3 heterocycles. The summed E-state index contributed by atoms with van der Waals surface area (Å²) in [6.07, 6.45) is 2.51. The third kappa shape index (κ3) is 4.44. The van der Waals surface area contributed by atoms with Crippen LogP contribution in [0.15, 0.2) is 53.8 Å². The molecule has 162 valence electrons. The number of amides is 1. The van der Waals surface area contributed by atoms with Gasteiger partial charge in [0.1, 0.15) is 16.1 Å². The first kappa shape index (κ1) is 21.2. The molecule has 6 nitrogen and oxygen atoms in total. The number of nitrogens with zero attached hydrogens (tertiary/aromatic N) is 4. The molecule has 0 spiro atoms. The number of anilines is 2. The number of fused-ring (bicyclic) bond motifs is 2. The van der Waals surface area contributed by atoms with E-state index in [2.05, 4.69) is 44.5 Å². The molecular formula is C23H20ClN5OS2. The number of nitrogens with one attached hydrogen (secondary N) is 1. The number of benzene rings is 2. The normalized spacial score (nSPS) is 13.2. The van der Waals surface area contributed by atoms with Gasteiger partial charge in [-0.05, 0) is 42.2 Å². The summed E-state index contributed by atoms with van der Waals surface area (Å²) in [4.78, 5) is 28.2. The summed E-state index contributed by atoms with van der Waals surface area (Å²) in [5.41, 5.74) is 5.07. The molecule has 0 saturated heterocycles. The maximum atomic E-state index is 12.4. The van der Waals surface area contributed by atoms with Crippen LogP contribution in [0.5, 0.6) is 0 Å². The molecule has 0 atom stereocenters. The van der Waals surface area contributed by atoms with Crippen molar-refractivity contribution in [1.82, 2.24) is 15.0 Å². The van der Waals surface area contributed by atoms with Crippen molar-refractivity contribution >= 4 is 61.8 Å². The highest BCUT2D eigenvalue weighted by Crippen LogP contribution is 2.35. The van der Waals surface area contributed by atoms with Gasteiger partial charge in [0.25, 0.3) is 0 Å². The molecule has 2 aromatic heterocycles. The van der Waals surface area contributed by atoms with Crippen LogP contribution in [-0.4, -0.2) is 33.2 Å². The lowest BCUT2D eigenvalue weighted by Gasteiger charge is -2.28. The Morgan fingerprint density at radius 3 is 2.91 bits per heavy atom.